The number of pyridine rings is 1. The topological polar surface area (TPSA) is 54.5 Å². The van der Waals surface area contributed by atoms with Gasteiger partial charge in [-0.25, -0.2) is 9.78 Å². The summed E-state index contributed by atoms with van der Waals surface area (Å²) in [4.78, 5) is 18.6. The maximum atomic E-state index is 11.8. The Hall–Kier alpha value is -1.62. The van der Waals surface area contributed by atoms with Crippen molar-refractivity contribution in [2.45, 2.75) is 57.8 Å². The molecule has 25 heavy (non-hydrogen) atoms. The van der Waals surface area contributed by atoms with E-state index in [4.69, 9.17) is 4.74 Å². The number of hydrogen-bond donors (Lipinski definition) is 1. The van der Waals surface area contributed by atoms with Gasteiger partial charge in [0.05, 0.1) is 0 Å². The Morgan fingerprint density at radius 2 is 1.96 bits per heavy atom. The Kier molecular flexibility index (Phi) is 7.10. The van der Waals surface area contributed by atoms with Crippen molar-refractivity contribution in [3.8, 4) is 5.88 Å². The fourth-order valence-corrected chi connectivity index (χ4v) is 3.95. The van der Waals surface area contributed by atoms with Gasteiger partial charge in [-0.2, -0.15) is 0 Å². The number of carbonyl (C=O) groups excluding carboxylic acids is 1. The number of likely N-dealkylation sites (tertiary alicyclic amines) is 1. The van der Waals surface area contributed by atoms with Crippen molar-refractivity contribution < 1.29 is 9.53 Å². The second kappa shape index (κ2) is 9.76. The van der Waals surface area contributed by atoms with Gasteiger partial charge in [0.1, 0.15) is 0 Å². The van der Waals surface area contributed by atoms with E-state index in [0.29, 0.717) is 12.4 Å². The average Bonchev–Trinajstić information content (AvgIpc) is 3.15. The summed E-state index contributed by atoms with van der Waals surface area (Å²) < 4.78 is 5.26. The number of ether oxygens (including phenoxy) is 1. The molecule has 1 saturated carbocycles. The van der Waals surface area contributed by atoms with Crippen LogP contribution >= 0.6 is 0 Å². The van der Waals surface area contributed by atoms with Crippen LogP contribution in [0.15, 0.2) is 18.3 Å². The zero-order valence-corrected chi connectivity index (χ0v) is 15.2. The predicted octanol–water partition coefficient (Wildman–Crippen LogP) is 3.78. The lowest BCUT2D eigenvalue weighted by Crippen LogP contribution is -2.30. The summed E-state index contributed by atoms with van der Waals surface area (Å²) in [5.41, 5.74) is 1.24. The van der Waals surface area contributed by atoms with Gasteiger partial charge in [-0.3, -0.25) is 0 Å². The van der Waals surface area contributed by atoms with Gasteiger partial charge in [0, 0.05) is 18.8 Å². The van der Waals surface area contributed by atoms with E-state index >= 15 is 0 Å². The van der Waals surface area contributed by atoms with Crippen molar-refractivity contribution in [1.82, 2.24) is 15.2 Å². The zero-order valence-electron chi connectivity index (χ0n) is 15.2. The summed E-state index contributed by atoms with van der Waals surface area (Å²) in [6.45, 7) is 4.09. The lowest BCUT2D eigenvalue weighted by molar-refractivity contribution is 0.197. The number of nitrogens with one attached hydrogen (secondary N) is 1. The quantitative estimate of drug-likeness (QED) is 0.764. The Bertz CT molecular complexity index is 520. The third kappa shape index (κ3) is 6.31. The lowest BCUT2D eigenvalue weighted by atomic mass is 9.85. The van der Waals surface area contributed by atoms with Crippen LogP contribution < -0.4 is 10.1 Å². The van der Waals surface area contributed by atoms with E-state index in [1.54, 1.807) is 0 Å². The summed E-state index contributed by atoms with van der Waals surface area (Å²) >= 11 is 0. The molecule has 0 spiro atoms. The number of amides is 1. The molecule has 0 unspecified atom stereocenters. The first-order valence-corrected chi connectivity index (χ1v) is 9.92. The second-order valence-corrected chi connectivity index (χ2v) is 7.43. The lowest BCUT2D eigenvalue weighted by Gasteiger charge is -2.21. The summed E-state index contributed by atoms with van der Waals surface area (Å²) in [5, 5.41) is 2.81. The minimum atomic E-state index is -0.408. The molecule has 2 heterocycles. The highest BCUT2D eigenvalue weighted by Crippen LogP contribution is 2.26. The van der Waals surface area contributed by atoms with Gasteiger partial charge in [0.2, 0.25) is 5.88 Å². The van der Waals surface area contributed by atoms with Gasteiger partial charge >= 0.3 is 6.09 Å². The Balaban J connectivity index is 1.33. The van der Waals surface area contributed by atoms with Crippen LogP contribution in [0.3, 0.4) is 0 Å². The molecule has 1 aliphatic carbocycles. The third-order valence-corrected chi connectivity index (χ3v) is 5.36. The fourth-order valence-electron chi connectivity index (χ4n) is 3.95. The molecule has 1 saturated heterocycles. The average molecular weight is 345 g/mol. The molecule has 2 fully saturated rings. The van der Waals surface area contributed by atoms with Crippen LogP contribution in [-0.2, 0) is 6.42 Å². The van der Waals surface area contributed by atoms with Crippen molar-refractivity contribution in [2.75, 3.05) is 26.2 Å². The van der Waals surface area contributed by atoms with Gasteiger partial charge in [-0.05, 0) is 56.8 Å². The van der Waals surface area contributed by atoms with Crippen LogP contribution in [0.2, 0.25) is 0 Å². The summed E-state index contributed by atoms with van der Waals surface area (Å²) in [6, 6.07) is 3.85. The highest BCUT2D eigenvalue weighted by atomic mass is 16.6. The largest absolute Gasteiger partial charge is 0.413 e. The predicted molar refractivity (Wildman–Crippen MR) is 98.8 cm³/mol. The van der Waals surface area contributed by atoms with Crippen LogP contribution in [0.5, 0.6) is 5.88 Å². The van der Waals surface area contributed by atoms with Crippen LogP contribution in [0.4, 0.5) is 4.79 Å². The van der Waals surface area contributed by atoms with Crippen molar-refractivity contribution in [1.29, 1.82) is 0 Å². The molecule has 0 aromatic carbocycles. The minimum Gasteiger partial charge on any atom is -0.391 e. The standard InChI is InChI=1S/C20H31N3O2/c24-20(21-11-6-14-23-12-4-5-13-23)25-19-10-9-18(16-22-19)15-17-7-2-1-3-8-17/h9-10,16-17H,1-8,11-15H2,(H,21,24). The molecule has 1 N–H and O–H groups in total. The summed E-state index contributed by atoms with van der Waals surface area (Å²) in [5.74, 6) is 1.17. The van der Waals surface area contributed by atoms with E-state index in [9.17, 15) is 4.79 Å². The van der Waals surface area contributed by atoms with E-state index in [0.717, 1.165) is 25.3 Å². The third-order valence-electron chi connectivity index (χ3n) is 5.36. The normalized spacial score (nSPS) is 19.0. The number of carbonyl (C=O) groups is 1. The Morgan fingerprint density at radius 3 is 2.68 bits per heavy atom. The van der Waals surface area contributed by atoms with Gasteiger partial charge in [-0.1, -0.05) is 38.2 Å². The Morgan fingerprint density at radius 1 is 1.16 bits per heavy atom. The van der Waals surface area contributed by atoms with Crippen LogP contribution in [0, 0.1) is 5.92 Å². The van der Waals surface area contributed by atoms with E-state index in [-0.39, 0.29) is 0 Å². The molecule has 3 rings (SSSR count). The minimum absolute atomic E-state index is 0.379. The first-order chi connectivity index (χ1) is 12.3. The maximum absolute atomic E-state index is 11.8. The highest BCUT2D eigenvalue weighted by molar-refractivity contribution is 5.69. The molecule has 0 radical (unpaired) electrons. The molecule has 1 aliphatic heterocycles. The summed E-state index contributed by atoms with van der Waals surface area (Å²) in [6.07, 6.45) is 12.9. The first-order valence-electron chi connectivity index (χ1n) is 9.92. The van der Waals surface area contributed by atoms with Crippen LogP contribution in [0.25, 0.3) is 0 Å². The molecule has 1 aromatic rings. The second-order valence-electron chi connectivity index (χ2n) is 7.43. The van der Waals surface area contributed by atoms with E-state index in [2.05, 4.69) is 15.2 Å². The first kappa shape index (κ1) is 18.2. The molecule has 1 aromatic heterocycles. The van der Waals surface area contributed by atoms with E-state index in [1.165, 1.54) is 63.6 Å². The van der Waals surface area contributed by atoms with E-state index in [1.807, 2.05) is 18.3 Å². The molecular weight excluding hydrogens is 314 g/mol. The molecule has 138 valence electrons. The number of nitrogens with zero attached hydrogens (tertiary/aromatic N) is 2. The van der Waals surface area contributed by atoms with E-state index < -0.39 is 6.09 Å². The zero-order chi connectivity index (χ0) is 17.3. The Labute approximate surface area is 151 Å². The highest BCUT2D eigenvalue weighted by Gasteiger charge is 2.14. The molecular formula is C20H31N3O2. The molecule has 1 amide bonds. The summed E-state index contributed by atoms with van der Waals surface area (Å²) in [7, 11) is 0. The van der Waals surface area contributed by atoms with Crippen LogP contribution in [0.1, 0.15) is 56.9 Å². The smallest absolute Gasteiger partial charge is 0.391 e. The van der Waals surface area contributed by atoms with Gasteiger partial charge in [0.15, 0.2) is 0 Å². The molecule has 2 aliphatic rings. The number of hydrogen-bond acceptors (Lipinski definition) is 4. The van der Waals surface area contributed by atoms with Gasteiger partial charge in [-0.15, -0.1) is 0 Å². The number of rotatable bonds is 7. The monoisotopic (exact) mass is 345 g/mol. The molecule has 0 bridgehead atoms. The van der Waals surface area contributed by atoms with Crippen molar-refractivity contribution in [2.24, 2.45) is 5.92 Å². The van der Waals surface area contributed by atoms with Crippen molar-refractivity contribution in [3.63, 3.8) is 0 Å². The van der Waals surface area contributed by atoms with Crippen molar-refractivity contribution in [3.05, 3.63) is 23.9 Å². The maximum Gasteiger partial charge on any atom is 0.413 e. The molecule has 0 atom stereocenters. The van der Waals surface area contributed by atoms with Gasteiger partial charge in [0.25, 0.3) is 0 Å². The fraction of sp³-hybridized carbons (Fsp3) is 0.700. The van der Waals surface area contributed by atoms with Crippen molar-refractivity contribution >= 4 is 6.09 Å². The SMILES string of the molecule is O=C(NCCCN1CCCC1)Oc1ccc(CC2CCCCC2)cn1. The van der Waals surface area contributed by atoms with Gasteiger partial charge < -0.3 is 15.0 Å². The molecule has 5 nitrogen and oxygen atoms in total. The van der Waals surface area contributed by atoms with Crippen LogP contribution in [-0.4, -0.2) is 42.2 Å². The number of aromatic nitrogens is 1. The molecule has 5 heteroatoms.